The smallest absolute Gasteiger partial charge is 0.133 e. The summed E-state index contributed by atoms with van der Waals surface area (Å²) in [7, 11) is 3.92. The SMILES string of the molecule is CN(C)c1cc(NCc2ccc(Br)cc2)ncn1. The van der Waals surface area contributed by atoms with Gasteiger partial charge in [0.2, 0.25) is 0 Å². The van der Waals surface area contributed by atoms with E-state index in [0.29, 0.717) is 0 Å². The third kappa shape index (κ3) is 3.43. The van der Waals surface area contributed by atoms with E-state index in [0.717, 1.165) is 22.7 Å². The van der Waals surface area contributed by atoms with Crippen LogP contribution in [0.4, 0.5) is 11.6 Å². The molecule has 94 valence electrons. The number of nitrogens with zero attached hydrogens (tertiary/aromatic N) is 3. The van der Waals surface area contributed by atoms with Crippen LogP contribution in [-0.2, 0) is 6.54 Å². The van der Waals surface area contributed by atoms with Gasteiger partial charge in [0.25, 0.3) is 0 Å². The quantitative estimate of drug-likeness (QED) is 0.943. The maximum absolute atomic E-state index is 4.20. The molecule has 2 rings (SSSR count). The molecule has 4 nitrogen and oxygen atoms in total. The molecular weight excluding hydrogens is 292 g/mol. The zero-order valence-electron chi connectivity index (χ0n) is 10.4. The highest BCUT2D eigenvalue weighted by Crippen LogP contribution is 2.14. The molecule has 0 spiro atoms. The van der Waals surface area contributed by atoms with E-state index < -0.39 is 0 Å². The Balaban J connectivity index is 2.01. The molecule has 0 saturated heterocycles. The minimum absolute atomic E-state index is 0.747. The second kappa shape index (κ2) is 5.82. The van der Waals surface area contributed by atoms with Gasteiger partial charge in [0.1, 0.15) is 18.0 Å². The maximum Gasteiger partial charge on any atom is 0.133 e. The lowest BCUT2D eigenvalue weighted by molar-refractivity contribution is 1.02. The fourth-order valence-electron chi connectivity index (χ4n) is 1.48. The van der Waals surface area contributed by atoms with E-state index in [4.69, 9.17) is 0 Å². The average molecular weight is 307 g/mol. The van der Waals surface area contributed by atoms with E-state index in [-0.39, 0.29) is 0 Å². The van der Waals surface area contributed by atoms with Crippen LogP contribution in [0.1, 0.15) is 5.56 Å². The van der Waals surface area contributed by atoms with Crippen molar-refractivity contribution in [1.82, 2.24) is 9.97 Å². The highest BCUT2D eigenvalue weighted by molar-refractivity contribution is 9.10. The number of rotatable bonds is 4. The predicted molar refractivity (Wildman–Crippen MR) is 77.8 cm³/mol. The molecule has 0 atom stereocenters. The van der Waals surface area contributed by atoms with Crippen LogP contribution < -0.4 is 10.2 Å². The largest absolute Gasteiger partial charge is 0.366 e. The third-order valence-electron chi connectivity index (χ3n) is 2.50. The van der Waals surface area contributed by atoms with Crippen LogP contribution in [0.5, 0.6) is 0 Å². The van der Waals surface area contributed by atoms with Gasteiger partial charge < -0.3 is 10.2 Å². The van der Waals surface area contributed by atoms with Crippen molar-refractivity contribution in [3.63, 3.8) is 0 Å². The van der Waals surface area contributed by atoms with Crippen LogP contribution >= 0.6 is 15.9 Å². The molecule has 0 aliphatic rings. The molecule has 0 amide bonds. The fourth-order valence-corrected chi connectivity index (χ4v) is 1.75. The molecule has 0 bridgehead atoms. The van der Waals surface area contributed by atoms with Crippen molar-refractivity contribution < 1.29 is 0 Å². The number of nitrogens with one attached hydrogen (secondary N) is 1. The molecule has 1 heterocycles. The van der Waals surface area contributed by atoms with Gasteiger partial charge in [-0.3, -0.25) is 0 Å². The molecule has 5 heteroatoms. The molecule has 1 N–H and O–H groups in total. The lowest BCUT2D eigenvalue weighted by Gasteiger charge is -2.12. The lowest BCUT2D eigenvalue weighted by Crippen LogP contribution is -2.11. The monoisotopic (exact) mass is 306 g/mol. The summed E-state index contributed by atoms with van der Waals surface area (Å²) < 4.78 is 1.09. The summed E-state index contributed by atoms with van der Waals surface area (Å²) in [5.41, 5.74) is 1.21. The number of benzene rings is 1. The standard InChI is InChI=1S/C13H15BrN4/c1-18(2)13-7-12(16-9-17-13)15-8-10-3-5-11(14)6-4-10/h3-7,9H,8H2,1-2H3,(H,15,16,17). The van der Waals surface area contributed by atoms with Crippen molar-refractivity contribution in [2.75, 3.05) is 24.3 Å². The lowest BCUT2D eigenvalue weighted by atomic mass is 10.2. The molecule has 1 aromatic carbocycles. The maximum atomic E-state index is 4.20. The van der Waals surface area contributed by atoms with Crippen LogP contribution in [0.2, 0.25) is 0 Å². The highest BCUT2D eigenvalue weighted by atomic mass is 79.9. The van der Waals surface area contributed by atoms with Gasteiger partial charge in [0, 0.05) is 31.2 Å². The van der Waals surface area contributed by atoms with Crippen molar-refractivity contribution in [2.45, 2.75) is 6.54 Å². The Kier molecular flexibility index (Phi) is 4.15. The Morgan fingerprint density at radius 3 is 2.56 bits per heavy atom. The van der Waals surface area contributed by atoms with Gasteiger partial charge in [-0.05, 0) is 17.7 Å². The third-order valence-corrected chi connectivity index (χ3v) is 3.03. The second-order valence-corrected chi connectivity index (χ2v) is 5.05. The molecule has 0 aliphatic carbocycles. The molecule has 18 heavy (non-hydrogen) atoms. The summed E-state index contributed by atoms with van der Waals surface area (Å²) in [6.07, 6.45) is 1.57. The first kappa shape index (κ1) is 12.8. The highest BCUT2D eigenvalue weighted by Gasteiger charge is 2.00. The minimum atomic E-state index is 0.747. The summed E-state index contributed by atoms with van der Waals surface area (Å²) in [6, 6.07) is 10.1. The zero-order chi connectivity index (χ0) is 13.0. The predicted octanol–water partition coefficient (Wildman–Crippen LogP) is 2.92. The first-order valence-corrected chi connectivity index (χ1v) is 6.42. The topological polar surface area (TPSA) is 41.0 Å². The summed E-state index contributed by atoms with van der Waals surface area (Å²) >= 11 is 3.42. The van der Waals surface area contributed by atoms with E-state index in [1.54, 1.807) is 6.33 Å². The summed E-state index contributed by atoms with van der Waals surface area (Å²) in [5, 5.41) is 3.28. The minimum Gasteiger partial charge on any atom is -0.366 e. The zero-order valence-corrected chi connectivity index (χ0v) is 12.0. The van der Waals surface area contributed by atoms with Crippen LogP contribution in [0.25, 0.3) is 0 Å². The van der Waals surface area contributed by atoms with Gasteiger partial charge in [-0.2, -0.15) is 0 Å². The number of hydrogen-bond acceptors (Lipinski definition) is 4. The first-order chi connectivity index (χ1) is 8.65. The van der Waals surface area contributed by atoms with E-state index in [1.807, 2.05) is 37.2 Å². The van der Waals surface area contributed by atoms with Crippen molar-refractivity contribution in [3.8, 4) is 0 Å². The molecular formula is C13H15BrN4. The number of halogens is 1. The molecule has 0 unspecified atom stereocenters. The molecule has 0 saturated carbocycles. The Morgan fingerprint density at radius 2 is 1.89 bits per heavy atom. The van der Waals surface area contributed by atoms with E-state index in [2.05, 4.69) is 43.3 Å². The first-order valence-electron chi connectivity index (χ1n) is 5.63. The second-order valence-electron chi connectivity index (χ2n) is 4.14. The van der Waals surface area contributed by atoms with Gasteiger partial charge in [-0.1, -0.05) is 28.1 Å². The molecule has 1 aromatic heterocycles. The van der Waals surface area contributed by atoms with Crippen LogP contribution in [0, 0.1) is 0 Å². The van der Waals surface area contributed by atoms with Crippen LogP contribution in [-0.4, -0.2) is 24.1 Å². The summed E-state index contributed by atoms with van der Waals surface area (Å²) in [6.45, 7) is 0.747. The number of hydrogen-bond donors (Lipinski definition) is 1. The number of anilines is 2. The normalized spacial score (nSPS) is 10.2. The molecule has 0 fully saturated rings. The number of aromatic nitrogens is 2. The van der Waals surface area contributed by atoms with Crippen molar-refractivity contribution in [1.29, 1.82) is 0 Å². The van der Waals surface area contributed by atoms with Gasteiger partial charge in [0.05, 0.1) is 0 Å². The van der Waals surface area contributed by atoms with Crippen LogP contribution in [0.15, 0.2) is 41.1 Å². The van der Waals surface area contributed by atoms with E-state index >= 15 is 0 Å². The summed E-state index contributed by atoms with van der Waals surface area (Å²) in [5.74, 6) is 1.72. The molecule has 0 aliphatic heterocycles. The Morgan fingerprint density at radius 1 is 1.17 bits per heavy atom. The average Bonchev–Trinajstić information content (AvgIpc) is 2.38. The van der Waals surface area contributed by atoms with Crippen molar-refractivity contribution in [2.24, 2.45) is 0 Å². The van der Waals surface area contributed by atoms with Crippen molar-refractivity contribution in [3.05, 3.63) is 46.7 Å². The fraction of sp³-hybridized carbons (Fsp3) is 0.231. The van der Waals surface area contributed by atoms with Crippen LogP contribution in [0.3, 0.4) is 0 Å². The molecule has 0 radical (unpaired) electrons. The van der Waals surface area contributed by atoms with E-state index in [1.165, 1.54) is 5.56 Å². The van der Waals surface area contributed by atoms with Gasteiger partial charge >= 0.3 is 0 Å². The van der Waals surface area contributed by atoms with Gasteiger partial charge in [0.15, 0.2) is 0 Å². The Bertz CT molecular complexity index is 511. The van der Waals surface area contributed by atoms with Gasteiger partial charge in [-0.15, -0.1) is 0 Å². The van der Waals surface area contributed by atoms with Crippen molar-refractivity contribution >= 4 is 27.6 Å². The Labute approximate surface area is 115 Å². The Hall–Kier alpha value is -1.62. The van der Waals surface area contributed by atoms with Gasteiger partial charge in [-0.25, -0.2) is 9.97 Å². The molecule has 2 aromatic rings. The van der Waals surface area contributed by atoms with E-state index in [9.17, 15) is 0 Å². The summed E-state index contributed by atoms with van der Waals surface area (Å²) in [4.78, 5) is 10.3.